The Labute approximate surface area is 116 Å². The van der Waals surface area contributed by atoms with E-state index in [9.17, 15) is 4.79 Å². The van der Waals surface area contributed by atoms with Crippen LogP contribution in [0.3, 0.4) is 0 Å². The molecular formula is C17H13NO2. The molecule has 1 N–H and O–H groups in total. The minimum Gasteiger partial charge on any atom is -0.411 e. The van der Waals surface area contributed by atoms with E-state index < -0.39 is 0 Å². The molecule has 0 bridgehead atoms. The molecule has 2 aromatic rings. The number of rotatable bonds is 2. The third kappa shape index (κ3) is 2.03. The maximum Gasteiger partial charge on any atom is 0.204 e. The van der Waals surface area contributed by atoms with E-state index in [1.54, 1.807) is 6.08 Å². The van der Waals surface area contributed by atoms with Crippen LogP contribution in [0, 0.1) is 0 Å². The molecule has 1 aliphatic carbocycles. The van der Waals surface area contributed by atoms with Gasteiger partial charge in [0.25, 0.3) is 0 Å². The highest BCUT2D eigenvalue weighted by Crippen LogP contribution is 2.38. The van der Waals surface area contributed by atoms with Crippen LogP contribution >= 0.6 is 0 Å². The Balaban J connectivity index is 2.13. The Morgan fingerprint density at radius 2 is 1.50 bits per heavy atom. The van der Waals surface area contributed by atoms with Crippen molar-refractivity contribution in [3.8, 4) is 0 Å². The first-order valence-electron chi connectivity index (χ1n) is 6.39. The van der Waals surface area contributed by atoms with Gasteiger partial charge in [0.2, 0.25) is 5.78 Å². The summed E-state index contributed by atoms with van der Waals surface area (Å²) in [7, 11) is 0. The lowest BCUT2D eigenvalue weighted by atomic mass is 9.87. The van der Waals surface area contributed by atoms with E-state index in [1.807, 2.05) is 60.7 Å². The van der Waals surface area contributed by atoms with Crippen LogP contribution in [0.5, 0.6) is 0 Å². The first-order chi connectivity index (χ1) is 9.81. The number of carbonyl (C=O) groups excluding carboxylic acids is 1. The second-order valence-corrected chi connectivity index (χ2v) is 4.66. The maximum absolute atomic E-state index is 12.0. The summed E-state index contributed by atoms with van der Waals surface area (Å²) >= 11 is 0. The molecule has 1 aliphatic rings. The average Bonchev–Trinajstić information content (AvgIpc) is 2.85. The number of nitrogens with zero attached hydrogens (tertiary/aromatic N) is 1. The van der Waals surface area contributed by atoms with Crippen LogP contribution in [0.4, 0.5) is 0 Å². The summed E-state index contributed by atoms with van der Waals surface area (Å²) in [5.41, 5.74) is 2.96. The maximum atomic E-state index is 12.0. The molecular weight excluding hydrogens is 250 g/mol. The highest BCUT2D eigenvalue weighted by Gasteiger charge is 2.34. The van der Waals surface area contributed by atoms with Gasteiger partial charge in [0, 0.05) is 0 Å². The highest BCUT2D eigenvalue weighted by atomic mass is 16.4. The molecule has 0 aliphatic heterocycles. The normalized spacial score (nSPS) is 20.2. The Bertz CT molecular complexity index is 687. The number of benzene rings is 2. The molecule has 1 atom stereocenters. The van der Waals surface area contributed by atoms with Crippen LogP contribution in [-0.4, -0.2) is 16.7 Å². The number of oxime groups is 1. The molecule has 0 fully saturated rings. The van der Waals surface area contributed by atoms with Crippen LogP contribution in [0.1, 0.15) is 17.0 Å². The predicted octanol–water partition coefficient (Wildman–Crippen LogP) is 3.27. The molecule has 0 radical (unpaired) electrons. The summed E-state index contributed by atoms with van der Waals surface area (Å²) in [5, 5.41) is 12.4. The Morgan fingerprint density at radius 3 is 2.10 bits per heavy atom. The number of allylic oxidation sites excluding steroid dienone is 2. The van der Waals surface area contributed by atoms with Crippen molar-refractivity contribution >= 4 is 17.1 Å². The van der Waals surface area contributed by atoms with Crippen LogP contribution in [0.15, 0.2) is 71.9 Å². The standard InChI is InChI=1S/C17H13NO2/c19-15-11-14(12-7-3-1-4-8-12)16(17(15)18-20)13-9-5-2-6-10-13/h1-11,16,20H/b18-17+/t16-/m0/s1. The number of hydrogen-bond acceptors (Lipinski definition) is 3. The summed E-state index contributed by atoms with van der Waals surface area (Å²) in [4.78, 5) is 12.0. The van der Waals surface area contributed by atoms with Gasteiger partial charge in [-0.2, -0.15) is 0 Å². The van der Waals surface area contributed by atoms with Crippen molar-refractivity contribution in [2.24, 2.45) is 5.16 Å². The SMILES string of the molecule is O=C1C=C(c2ccccc2)[C@H](c2ccccc2)/C1=N/O. The molecule has 98 valence electrons. The molecule has 0 saturated carbocycles. The van der Waals surface area contributed by atoms with Gasteiger partial charge < -0.3 is 5.21 Å². The van der Waals surface area contributed by atoms with Crippen molar-refractivity contribution in [2.45, 2.75) is 5.92 Å². The van der Waals surface area contributed by atoms with Gasteiger partial charge in [-0.1, -0.05) is 65.8 Å². The number of hydrogen-bond donors (Lipinski definition) is 1. The second kappa shape index (κ2) is 5.13. The Hall–Kier alpha value is -2.68. The summed E-state index contributed by atoms with van der Waals surface area (Å²) in [5.74, 6) is -0.545. The Kier molecular flexibility index (Phi) is 3.17. The first kappa shape index (κ1) is 12.4. The molecule has 0 heterocycles. The zero-order valence-corrected chi connectivity index (χ0v) is 10.7. The summed E-state index contributed by atoms with van der Waals surface area (Å²) < 4.78 is 0. The van der Waals surface area contributed by atoms with Crippen molar-refractivity contribution < 1.29 is 10.0 Å². The highest BCUT2D eigenvalue weighted by molar-refractivity contribution is 6.52. The average molecular weight is 263 g/mol. The summed E-state index contributed by atoms with van der Waals surface area (Å²) in [6.07, 6.45) is 1.56. The fraction of sp³-hybridized carbons (Fsp3) is 0.0588. The van der Waals surface area contributed by atoms with Crippen LogP contribution in [0.25, 0.3) is 5.57 Å². The van der Waals surface area contributed by atoms with E-state index in [1.165, 1.54) is 0 Å². The van der Waals surface area contributed by atoms with Gasteiger partial charge >= 0.3 is 0 Å². The first-order valence-corrected chi connectivity index (χ1v) is 6.39. The zero-order chi connectivity index (χ0) is 13.9. The zero-order valence-electron chi connectivity index (χ0n) is 10.7. The molecule has 0 aromatic heterocycles. The predicted molar refractivity (Wildman–Crippen MR) is 77.8 cm³/mol. The van der Waals surface area contributed by atoms with Crippen molar-refractivity contribution in [2.75, 3.05) is 0 Å². The van der Waals surface area contributed by atoms with Crippen molar-refractivity contribution in [3.05, 3.63) is 77.9 Å². The molecule has 3 nitrogen and oxygen atoms in total. The van der Waals surface area contributed by atoms with Gasteiger partial charge in [-0.05, 0) is 22.8 Å². The molecule has 3 heteroatoms. The minimum atomic E-state index is -0.309. The summed E-state index contributed by atoms with van der Waals surface area (Å²) in [6, 6.07) is 19.3. The molecule has 2 aromatic carbocycles. The van der Waals surface area contributed by atoms with E-state index in [2.05, 4.69) is 5.16 Å². The molecule has 0 spiro atoms. The van der Waals surface area contributed by atoms with E-state index >= 15 is 0 Å². The molecule has 20 heavy (non-hydrogen) atoms. The van der Waals surface area contributed by atoms with E-state index in [-0.39, 0.29) is 17.4 Å². The third-order valence-electron chi connectivity index (χ3n) is 3.47. The lowest BCUT2D eigenvalue weighted by molar-refractivity contribution is -0.108. The monoisotopic (exact) mass is 263 g/mol. The van der Waals surface area contributed by atoms with Crippen LogP contribution in [0.2, 0.25) is 0 Å². The topological polar surface area (TPSA) is 49.7 Å². The van der Waals surface area contributed by atoms with Gasteiger partial charge in [0.15, 0.2) is 0 Å². The van der Waals surface area contributed by atoms with E-state index in [0.29, 0.717) is 0 Å². The van der Waals surface area contributed by atoms with Crippen molar-refractivity contribution in [1.82, 2.24) is 0 Å². The number of ketones is 1. The molecule has 0 unspecified atom stereocenters. The molecule has 0 amide bonds. The third-order valence-corrected chi connectivity index (χ3v) is 3.47. The van der Waals surface area contributed by atoms with Crippen LogP contribution < -0.4 is 0 Å². The smallest absolute Gasteiger partial charge is 0.204 e. The minimum absolute atomic E-state index is 0.176. The van der Waals surface area contributed by atoms with Gasteiger partial charge in [-0.25, -0.2) is 0 Å². The van der Waals surface area contributed by atoms with E-state index in [0.717, 1.165) is 16.7 Å². The Morgan fingerprint density at radius 1 is 0.900 bits per heavy atom. The van der Waals surface area contributed by atoms with Gasteiger partial charge in [0.1, 0.15) is 5.71 Å². The van der Waals surface area contributed by atoms with Crippen molar-refractivity contribution in [3.63, 3.8) is 0 Å². The van der Waals surface area contributed by atoms with Gasteiger partial charge in [-0.3, -0.25) is 4.79 Å². The largest absolute Gasteiger partial charge is 0.411 e. The lowest BCUT2D eigenvalue weighted by Gasteiger charge is -2.15. The lowest BCUT2D eigenvalue weighted by Crippen LogP contribution is -2.15. The quantitative estimate of drug-likeness (QED) is 0.667. The van der Waals surface area contributed by atoms with Crippen molar-refractivity contribution in [1.29, 1.82) is 0 Å². The molecule has 0 saturated heterocycles. The van der Waals surface area contributed by atoms with E-state index in [4.69, 9.17) is 5.21 Å². The fourth-order valence-electron chi connectivity index (χ4n) is 2.56. The number of carbonyl (C=O) groups is 1. The molecule has 3 rings (SSSR count). The van der Waals surface area contributed by atoms with Gasteiger partial charge in [-0.15, -0.1) is 0 Å². The van der Waals surface area contributed by atoms with Gasteiger partial charge in [0.05, 0.1) is 5.92 Å². The second-order valence-electron chi connectivity index (χ2n) is 4.66. The van der Waals surface area contributed by atoms with Crippen LogP contribution in [-0.2, 0) is 4.79 Å². The summed E-state index contributed by atoms with van der Waals surface area (Å²) in [6.45, 7) is 0. The fourth-order valence-corrected chi connectivity index (χ4v) is 2.56.